The predicted octanol–water partition coefficient (Wildman–Crippen LogP) is 2.45. The number of aromatic nitrogens is 2. The van der Waals surface area contributed by atoms with Crippen molar-refractivity contribution in [2.24, 2.45) is 0 Å². The molecule has 0 unspecified atom stereocenters. The Kier molecular flexibility index (Phi) is 5.55. The maximum atomic E-state index is 11.8. The summed E-state index contributed by atoms with van der Waals surface area (Å²) < 4.78 is 1.97. The Balaban J connectivity index is 2.07. The van der Waals surface area contributed by atoms with Crippen molar-refractivity contribution < 1.29 is 4.79 Å². The number of aryl methyl sites for hydroxylation is 1. The van der Waals surface area contributed by atoms with E-state index in [1.807, 2.05) is 36.7 Å². The van der Waals surface area contributed by atoms with Crippen molar-refractivity contribution in [3.63, 3.8) is 0 Å². The molecule has 1 heterocycles. The summed E-state index contributed by atoms with van der Waals surface area (Å²) in [5.74, 6) is 0.137. The van der Waals surface area contributed by atoms with Crippen LogP contribution in [0.5, 0.6) is 0 Å². The zero-order valence-corrected chi connectivity index (χ0v) is 14.6. The molecule has 0 fully saturated rings. The molecule has 0 aliphatic heterocycles. The Bertz CT molecular complexity index is 661. The Morgan fingerprint density at radius 3 is 2.52 bits per heavy atom. The number of carbonyl (C=O) groups excluding carboxylic acids is 1. The highest BCUT2D eigenvalue weighted by Gasteiger charge is 2.15. The van der Waals surface area contributed by atoms with Crippen molar-refractivity contribution in [3.05, 3.63) is 47.3 Å². The number of hydrogen-bond donors (Lipinski definition) is 1. The molecule has 2 rings (SSSR count). The molecule has 2 aromatic rings. The van der Waals surface area contributed by atoms with Gasteiger partial charge in [0.1, 0.15) is 0 Å². The van der Waals surface area contributed by atoms with Crippen LogP contribution in [0, 0.1) is 13.8 Å². The molecule has 124 valence electrons. The molecule has 0 spiro atoms. The van der Waals surface area contributed by atoms with E-state index in [4.69, 9.17) is 0 Å². The summed E-state index contributed by atoms with van der Waals surface area (Å²) in [5, 5.41) is 8.08. The molecular formula is C18H26N4O. The standard InChI is InChI=1S/C18H26N4O/c1-13(11-18(23)21(4)5)19-12-17-14(2)20-22(15(17)3)16-9-7-6-8-10-16/h6-10,13,19H,11-12H2,1-5H3/t13-/m0/s1. The molecule has 1 aromatic carbocycles. The molecule has 1 aromatic heterocycles. The Hall–Kier alpha value is -2.14. The minimum atomic E-state index is 0.128. The highest BCUT2D eigenvalue weighted by atomic mass is 16.2. The highest BCUT2D eigenvalue weighted by Crippen LogP contribution is 2.17. The van der Waals surface area contributed by atoms with Gasteiger partial charge >= 0.3 is 0 Å². The number of nitrogens with one attached hydrogen (secondary N) is 1. The smallest absolute Gasteiger partial charge is 0.223 e. The average Bonchev–Trinajstić information content (AvgIpc) is 2.80. The van der Waals surface area contributed by atoms with Gasteiger partial charge in [0, 0.05) is 44.4 Å². The van der Waals surface area contributed by atoms with Crippen LogP contribution in [0.2, 0.25) is 0 Å². The minimum Gasteiger partial charge on any atom is -0.349 e. The van der Waals surface area contributed by atoms with Gasteiger partial charge < -0.3 is 10.2 Å². The fraction of sp³-hybridized carbons (Fsp3) is 0.444. The molecule has 0 aliphatic carbocycles. The first kappa shape index (κ1) is 17.2. The third kappa shape index (κ3) is 4.20. The number of carbonyl (C=O) groups is 1. The lowest BCUT2D eigenvalue weighted by atomic mass is 10.1. The van der Waals surface area contributed by atoms with Gasteiger partial charge in [0.05, 0.1) is 11.4 Å². The maximum absolute atomic E-state index is 11.8. The van der Waals surface area contributed by atoms with Crippen molar-refractivity contribution in [2.75, 3.05) is 14.1 Å². The number of amides is 1. The molecule has 0 radical (unpaired) electrons. The van der Waals surface area contributed by atoms with E-state index in [-0.39, 0.29) is 11.9 Å². The summed E-state index contributed by atoms with van der Waals surface area (Å²) >= 11 is 0. The lowest BCUT2D eigenvalue weighted by Crippen LogP contribution is -2.33. The Morgan fingerprint density at radius 1 is 1.26 bits per heavy atom. The molecule has 0 saturated carbocycles. The van der Waals surface area contributed by atoms with Crippen LogP contribution < -0.4 is 5.32 Å². The van der Waals surface area contributed by atoms with E-state index in [0.29, 0.717) is 13.0 Å². The quantitative estimate of drug-likeness (QED) is 0.891. The van der Waals surface area contributed by atoms with Crippen LogP contribution in [0.15, 0.2) is 30.3 Å². The second-order valence-electron chi connectivity index (χ2n) is 6.17. The van der Waals surface area contributed by atoms with E-state index in [1.54, 1.807) is 19.0 Å². The molecule has 5 nitrogen and oxygen atoms in total. The SMILES string of the molecule is Cc1nn(-c2ccccc2)c(C)c1CN[C@@H](C)CC(=O)N(C)C. The molecule has 1 atom stereocenters. The molecule has 23 heavy (non-hydrogen) atoms. The lowest BCUT2D eigenvalue weighted by molar-refractivity contribution is -0.129. The molecule has 0 aliphatic rings. The number of hydrogen-bond acceptors (Lipinski definition) is 3. The zero-order chi connectivity index (χ0) is 17.0. The van der Waals surface area contributed by atoms with Gasteiger partial charge in [0.2, 0.25) is 5.91 Å². The van der Waals surface area contributed by atoms with Gasteiger partial charge in [0.15, 0.2) is 0 Å². The number of para-hydroxylation sites is 1. The van der Waals surface area contributed by atoms with Crippen molar-refractivity contribution in [1.82, 2.24) is 20.0 Å². The fourth-order valence-corrected chi connectivity index (χ4v) is 2.54. The van der Waals surface area contributed by atoms with E-state index >= 15 is 0 Å². The van der Waals surface area contributed by atoms with Gasteiger partial charge in [-0.15, -0.1) is 0 Å². The fourth-order valence-electron chi connectivity index (χ4n) is 2.54. The zero-order valence-electron chi connectivity index (χ0n) is 14.6. The maximum Gasteiger partial charge on any atom is 0.223 e. The van der Waals surface area contributed by atoms with Crippen LogP contribution in [0.3, 0.4) is 0 Å². The van der Waals surface area contributed by atoms with Crippen LogP contribution in [-0.4, -0.2) is 40.7 Å². The third-order valence-corrected chi connectivity index (χ3v) is 4.05. The van der Waals surface area contributed by atoms with Crippen molar-refractivity contribution >= 4 is 5.91 Å². The van der Waals surface area contributed by atoms with E-state index in [9.17, 15) is 4.79 Å². The second kappa shape index (κ2) is 7.42. The van der Waals surface area contributed by atoms with Crippen LogP contribution in [0.4, 0.5) is 0 Å². The van der Waals surface area contributed by atoms with Gasteiger partial charge in [0.25, 0.3) is 0 Å². The lowest BCUT2D eigenvalue weighted by Gasteiger charge is -2.16. The number of benzene rings is 1. The number of rotatable bonds is 6. The van der Waals surface area contributed by atoms with Crippen LogP contribution in [-0.2, 0) is 11.3 Å². The topological polar surface area (TPSA) is 50.2 Å². The first-order chi connectivity index (χ1) is 10.9. The summed E-state index contributed by atoms with van der Waals surface area (Å²) in [6.07, 6.45) is 0.498. The van der Waals surface area contributed by atoms with E-state index < -0.39 is 0 Å². The van der Waals surface area contributed by atoms with Crippen LogP contribution in [0.25, 0.3) is 5.69 Å². The molecule has 0 saturated heterocycles. The van der Waals surface area contributed by atoms with E-state index in [0.717, 1.165) is 17.1 Å². The first-order valence-electron chi connectivity index (χ1n) is 7.94. The minimum absolute atomic E-state index is 0.128. The van der Waals surface area contributed by atoms with Crippen molar-refractivity contribution in [2.45, 2.75) is 39.8 Å². The highest BCUT2D eigenvalue weighted by molar-refractivity contribution is 5.76. The second-order valence-corrected chi connectivity index (χ2v) is 6.17. The van der Waals surface area contributed by atoms with Gasteiger partial charge in [-0.25, -0.2) is 4.68 Å². The summed E-state index contributed by atoms with van der Waals surface area (Å²) in [6.45, 7) is 6.86. The first-order valence-corrected chi connectivity index (χ1v) is 7.94. The summed E-state index contributed by atoms with van der Waals surface area (Å²) in [4.78, 5) is 13.4. The van der Waals surface area contributed by atoms with Gasteiger partial charge in [-0.1, -0.05) is 18.2 Å². The summed E-state index contributed by atoms with van der Waals surface area (Å²) in [5.41, 5.74) is 4.41. The van der Waals surface area contributed by atoms with Crippen molar-refractivity contribution in [1.29, 1.82) is 0 Å². The molecule has 1 amide bonds. The van der Waals surface area contributed by atoms with E-state index in [2.05, 4.69) is 29.5 Å². The van der Waals surface area contributed by atoms with Gasteiger partial charge in [-0.2, -0.15) is 5.10 Å². The monoisotopic (exact) mass is 314 g/mol. The Morgan fingerprint density at radius 2 is 1.91 bits per heavy atom. The predicted molar refractivity (Wildman–Crippen MR) is 92.7 cm³/mol. The van der Waals surface area contributed by atoms with Gasteiger partial charge in [-0.05, 0) is 32.9 Å². The van der Waals surface area contributed by atoms with Crippen LogP contribution in [0.1, 0.15) is 30.3 Å². The molecule has 1 N–H and O–H groups in total. The van der Waals surface area contributed by atoms with Gasteiger partial charge in [-0.3, -0.25) is 4.79 Å². The third-order valence-electron chi connectivity index (χ3n) is 4.05. The average molecular weight is 314 g/mol. The van der Waals surface area contributed by atoms with Crippen molar-refractivity contribution in [3.8, 4) is 5.69 Å². The molecular weight excluding hydrogens is 288 g/mol. The molecule has 5 heteroatoms. The summed E-state index contributed by atoms with van der Waals surface area (Å²) in [7, 11) is 3.57. The molecule has 0 bridgehead atoms. The number of nitrogens with zero attached hydrogens (tertiary/aromatic N) is 3. The summed E-state index contributed by atoms with van der Waals surface area (Å²) in [6, 6.07) is 10.3. The van der Waals surface area contributed by atoms with Crippen LogP contribution >= 0.6 is 0 Å². The largest absolute Gasteiger partial charge is 0.349 e. The normalized spacial score (nSPS) is 12.2. The Labute approximate surface area is 138 Å². The van der Waals surface area contributed by atoms with E-state index in [1.165, 1.54) is 5.56 Å².